The van der Waals surface area contributed by atoms with E-state index in [2.05, 4.69) is 25.7 Å². The van der Waals surface area contributed by atoms with E-state index >= 15 is 0 Å². The normalized spacial score (nSPS) is 35.1. The van der Waals surface area contributed by atoms with Gasteiger partial charge in [0.2, 0.25) is 0 Å². The van der Waals surface area contributed by atoms with Crippen molar-refractivity contribution in [3.05, 3.63) is 0 Å². The highest BCUT2D eigenvalue weighted by Crippen LogP contribution is 2.40. The summed E-state index contributed by atoms with van der Waals surface area (Å²) in [6.45, 7) is 9.42. The van der Waals surface area contributed by atoms with Crippen LogP contribution in [0.15, 0.2) is 0 Å². The zero-order chi connectivity index (χ0) is 14.6. The molecule has 0 bridgehead atoms. The highest BCUT2D eigenvalue weighted by atomic mass is 16.3. The molecule has 1 saturated heterocycles. The van der Waals surface area contributed by atoms with Crippen molar-refractivity contribution in [3.63, 3.8) is 0 Å². The lowest BCUT2D eigenvalue weighted by Crippen LogP contribution is -2.52. The molecule has 1 saturated carbocycles. The maximum Gasteiger partial charge on any atom is 0.0695 e. The maximum absolute atomic E-state index is 10.4. The molecular formula is C18H35NO. The van der Waals surface area contributed by atoms with Gasteiger partial charge in [-0.15, -0.1) is 0 Å². The van der Waals surface area contributed by atoms with Gasteiger partial charge in [0.1, 0.15) is 0 Å². The second kappa shape index (κ2) is 7.26. The van der Waals surface area contributed by atoms with Gasteiger partial charge in [-0.25, -0.2) is 0 Å². The molecule has 1 aliphatic heterocycles. The fourth-order valence-electron chi connectivity index (χ4n) is 4.57. The molecule has 2 aliphatic rings. The number of nitrogens with zero attached hydrogens (tertiary/aromatic N) is 1. The topological polar surface area (TPSA) is 23.5 Å². The third-order valence-corrected chi connectivity index (χ3v) is 6.41. The first-order valence-corrected chi connectivity index (χ1v) is 9.06. The van der Waals surface area contributed by atoms with Crippen LogP contribution in [-0.2, 0) is 0 Å². The third kappa shape index (κ3) is 3.57. The van der Waals surface area contributed by atoms with E-state index in [1.807, 2.05) is 0 Å². The van der Waals surface area contributed by atoms with Gasteiger partial charge in [0.05, 0.1) is 6.10 Å². The molecular weight excluding hydrogens is 246 g/mol. The molecule has 1 heterocycles. The molecule has 0 radical (unpaired) electrons. The van der Waals surface area contributed by atoms with Crippen molar-refractivity contribution in [1.82, 2.24) is 4.90 Å². The Bertz CT molecular complexity index is 277. The summed E-state index contributed by atoms with van der Waals surface area (Å²) in [4.78, 5) is 2.62. The molecule has 0 aromatic heterocycles. The summed E-state index contributed by atoms with van der Waals surface area (Å²) < 4.78 is 0. The van der Waals surface area contributed by atoms with Gasteiger partial charge in [0, 0.05) is 6.04 Å². The Morgan fingerprint density at radius 1 is 1.05 bits per heavy atom. The zero-order valence-corrected chi connectivity index (χ0v) is 13.9. The first-order chi connectivity index (χ1) is 9.64. The van der Waals surface area contributed by atoms with E-state index < -0.39 is 0 Å². The first kappa shape index (κ1) is 16.3. The fraction of sp³-hybridized carbons (Fsp3) is 1.00. The number of hydrogen-bond donors (Lipinski definition) is 1. The number of rotatable bonds is 5. The van der Waals surface area contributed by atoms with Crippen LogP contribution in [0.4, 0.5) is 0 Å². The van der Waals surface area contributed by atoms with E-state index in [4.69, 9.17) is 0 Å². The molecule has 1 aliphatic carbocycles. The van der Waals surface area contributed by atoms with E-state index in [-0.39, 0.29) is 6.10 Å². The van der Waals surface area contributed by atoms with Crippen LogP contribution in [0.25, 0.3) is 0 Å². The Kier molecular flexibility index (Phi) is 5.92. The average Bonchev–Trinajstić information content (AvgIpc) is 2.50. The van der Waals surface area contributed by atoms with Crippen LogP contribution >= 0.6 is 0 Å². The van der Waals surface area contributed by atoms with Gasteiger partial charge in [-0.2, -0.15) is 0 Å². The van der Waals surface area contributed by atoms with Gasteiger partial charge >= 0.3 is 0 Å². The zero-order valence-electron chi connectivity index (χ0n) is 13.9. The summed E-state index contributed by atoms with van der Waals surface area (Å²) >= 11 is 0. The number of aliphatic hydroxyl groups excluding tert-OH is 1. The van der Waals surface area contributed by atoms with Crippen LogP contribution in [0, 0.1) is 11.3 Å². The molecule has 0 spiro atoms. The van der Waals surface area contributed by atoms with Crippen LogP contribution < -0.4 is 0 Å². The lowest BCUT2D eigenvalue weighted by molar-refractivity contribution is -0.0271. The summed E-state index contributed by atoms with van der Waals surface area (Å²) in [6, 6.07) is 0.451. The second-order valence-corrected chi connectivity index (χ2v) is 7.35. The van der Waals surface area contributed by atoms with Crippen LogP contribution in [0.5, 0.6) is 0 Å². The summed E-state index contributed by atoms with van der Waals surface area (Å²) in [5, 5.41) is 10.4. The molecule has 1 N–H and O–H groups in total. The minimum absolute atomic E-state index is 0.0705. The Balaban J connectivity index is 1.91. The predicted molar refractivity (Wildman–Crippen MR) is 85.9 cm³/mol. The van der Waals surface area contributed by atoms with E-state index in [0.717, 1.165) is 12.3 Å². The largest absolute Gasteiger partial charge is 0.391 e. The van der Waals surface area contributed by atoms with E-state index in [1.54, 1.807) is 0 Å². The summed E-state index contributed by atoms with van der Waals surface area (Å²) in [5.41, 5.74) is 0.596. The smallest absolute Gasteiger partial charge is 0.0695 e. The summed E-state index contributed by atoms with van der Waals surface area (Å²) in [5.74, 6) is 0.859. The Morgan fingerprint density at radius 3 is 2.25 bits per heavy atom. The lowest BCUT2D eigenvalue weighted by Gasteiger charge is -2.47. The van der Waals surface area contributed by atoms with Crippen LogP contribution in [0.3, 0.4) is 0 Å². The van der Waals surface area contributed by atoms with Gasteiger partial charge in [0.15, 0.2) is 0 Å². The number of aliphatic hydroxyl groups is 1. The Labute approximate surface area is 125 Å². The van der Waals surface area contributed by atoms with Crippen molar-refractivity contribution < 1.29 is 5.11 Å². The molecule has 2 rings (SSSR count). The molecule has 2 heteroatoms. The Morgan fingerprint density at radius 2 is 1.70 bits per heavy atom. The lowest BCUT2D eigenvalue weighted by atomic mass is 9.73. The molecule has 0 amide bonds. The van der Waals surface area contributed by atoms with Gasteiger partial charge in [0.25, 0.3) is 0 Å². The van der Waals surface area contributed by atoms with Crippen molar-refractivity contribution in [3.8, 4) is 0 Å². The van der Waals surface area contributed by atoms with Gasteiger partial charge < -0.3 is 5.11 Å². The molecule has 0 aromatic rings. The number of likely N-dealkylation sites (tertiary alicyclic amines) is 1. The van der Waals surface area contributed by atoms with Crippen molar-refractivity contribution in [2.24, 2.45) is 11.3 Å². The van der Waals surface area contributed by atoms with Crippen molar-refractivity contribution in [2.75, 3.05) is 13.1 Å². The number of piperidine rings is 1. The highest BCUT2D eigenvalue weighted by molar-refractivity contribution is 4.92. The minimum atomic E-state index is -0.0705. The minimum Gasteiger partial charge on any atom is -0.391 e. The highest BCUT2D eigenvalue weighted by Gasteiger charge is 2.38. The molecule has 0 aromatic carbocycles. The molecule has 3 atom stereocenters. The number of hydrogen-bond acceptors (Lipinski definition) is 2. The van der Waals surface area contributed by atoms with E-state index in [0.29, 0.717) is 11.5 Å². The van der Waals surface area contributed by atoms with E-state index in [9.17, 15) is 5.11 Å². The third-order valence-electron chi connectivity index (χ3n) is 6.41. The van der Waals surface area contributed by atoms with Gasteiger partial charge in [-0.1, -0.05) is 46.5 Å². The average molecular weight is 281 g/mol. The van der Waals surface area contributed by atoms with Crippen LogP contribution in [-0.4, -0.2) is 35.2 Å². The monoisotopic (exact) mass is 281 g/mol. The molecule has 3 unspecified atom stereocenters. The fourth-order valence-corrected chi connectivity index (χ4v) is 4.57. The van der Waals surface area contributed by atoms with Gasteiger partial charge in [-0.05, 0) is 56.5 Å². The Hall–Kier alpha value is -0.0800. The van der Waals surface area contributed by atoms with E-state index in [1.165, 1.54) is 64.5 Å². The van der Waals surface area contributed by atoms with Crippen molar-refractivity contribution in [1.29, 1.82) is 0 Å². The quantitative estimate of drug-likeness (QED) is 0.815. The van der Waals surface area contributed by atoms with Gasteiger partial charge in [-0.3, -0.25) is 4.90 Å². The second-order valence-electron chi connectivity index (χ2n) is 7.35. The van der Waals surface area contributed by atoms with Crippen LogP contribution in [0.2, 0.25) is 0 Å². The molecule has 20 heavy (non-hydrogen) atoms. The van der Waals surface area contributed by atoms with Crippen LogP contribution in [0.1, 0.15) is 78.6 Å². The molecule has 2 fully saturated rings. The SMILES string of the molecule is CCCC1CCC(O)C(N2CCC(CC)(CC)CC2)C1. The summed E-state index contributed by atoms with van der Waals surface area (Å²) in [7, 11) is 0. The predicted octanol–water partition coefficient (Wildman–Crippen LogP) is 4.22. The standard InChI is InChI=1S/C18H35NO/c1-4-7-15-8-9-17(20)16(14-15)19-12-10-18(5-2,6-3)11-13-19/h15-17,20H,4-14H2,1-3H3. The molecule has 118 valence electrons. The van der Waals surface area contributed by atoms with Crippen molar-refractivity contribution >= 4 is 0 Å². The first-order valence-electron chi connectivity index (χ1n) is 9.06. The molecule has 2 nitrogen and oxygen atoms in total. The van der Waals surface area contributed by atoms with Crippen molar-refractivity contribution in [2.45, 2.75) is 90.7 Å². The maximum atomic E-state index is 10.4. The summed E-state index contributed by atoms with van der Waals surface area (Å²) in [6.07, 6.45) is 11.4.